The van der Waals surface area contributed by atoms with Crippen LogP contribution in [-0.4, -0.2) is 25.7 Å². The van der Waals surface area contributed by atoms with Crippen molar-refractivity contribution in [2.24, 2.45) is 0 Å². The van der Waals surface area contributed by atoms with E-state index in [1.165, 1.54) is 13.8 Å². The Bertz CT molecular complexity index is 842. The van der Waals surface area contributed by atoms with Crippen LogP contribution in [-0.2, 0) is 16.0 Å². The van der Waals surface area contributed by atoms with Crippen molar-refractivity contribution in [2.45, 2.75) is 26.2 Å². The molecule has 1 heterocycles. The van der Waals surface area contributed by atoms with Crippen LogP contribution in [0.25, 0.3) is 0 Å². The van der Waals surface area contributed by atoms with Crippen LogP contribution < -0.4 is 18.9 Å². The summed E-state index contributed by atoms with van der Waals surface area (Å²) in [6.07, 6.45) is 0.719. The second-order valence-electron chi connectivity index (χ2n) is 6.07. The van der Waals surface area contributed by atoms with Crippen LogP contribution in [0.5, 0.6) is 23.0 Å². The van der Waals surface area contributed by atoms with Gasteiger partial charge in [0.1, 0.15) is 23.0 Å². The largest absolute Gasteiger partial charge is 0.497 e. The number of hydrogen-bond donors (Lipinski definition) is 0. The lowest BCUT2D eigenvalue weighted by Crippen LogP contribution is -2.20. The molecule has 6 nitrogen and oxygen atoms in total. The molecule has 136 valence electrons. The van der Waals surface area contributed by atoms with Crippen LogP contribution in [0.1, 0.15) is 30.9 Å². The van der Waals surface area contributed by atoms with Crippen LogP contribution in [0.3, 0.4) is 0 Å². The third-order valence-electron chi connectivity index (χ3n) is 4.12. The van der Waals surface area contributed by atoms with Gasteiger partial charge in [0.25, 0.3) is 0 Å². The average Bonchev–Trinajstić information content (AvgIpc) is 2.60. The first kappa shape index (κ1) is 17.8. The fourth-order valence-electron chi connectivity index (χ4n) is 3.00. The van der Waals surface area contributed by atoms with Crippen LogP contribution in [0, 0.1) is 0 Å². The number of carbonyl (C=O) groups excluding carboxylic acids is 2. The molecule has 2 aromatic rings. The average molecular weight is 356 g/mol. The van der Waals surface area contributed by atoms with Gasteiger partial charge in [0, 0.05) is 37.5 Å². The van der Waals surface area contributed by atoms with Gasteiger partial charge in [-0.25, -0.2) is 0 Å². The highest BCUT2D eigenvalue weighted by Crippen LogP contribution is 2.39. The molecule has 0 amide bonds. The Morgan fingerprint density at radius 1 is 1.00 bits per heavy atom. The lowest BCUT2D eigenvalue weighted by atomic mass is 9.89. The normalized spacial score (nSPS) is 15.4. The summed E-state index contributed by atoms with van der Waals surface area (Å²) in [7, 11) is 1.56. The molecule has 6 heteroatoms. The SMILES string of the molecule is COc1ccc(C2COc3cc(OC(C)=O)ccc3C2)c(OC(C)=O)c1. The Labute approximate surface area is 151 Å². The van der Waals surface area contributed by atoms with Crippen molar-refractivity contribution in [3.05, 3.63) is 47.5 Å². The van der Waals surface area contributed by atoms with Gasteiger partial charge in [-0.3, -0.25) is 9.59 Å². The van der Waals surface area contributed by atoms with Crippen molar-refractivity contribution in [3.63, 3.8) is 0 Å². The predicted octanol–water partition coefficient (Wildman–Crippen LogP) is 3.26. The Balaban J connectivity index is 1.86. The number of rotatable bonds is 4. The van der Waals surface area contributed by atoms with Crippen molar-refractivity contribution in [3.8, 4) is 23.0 Å². The molecule has 0 saturated carbocycles. The van der Waals surface area contributed by atoms with Gasteiger partial charge in [-0.1, -0.05) is 12.1 Å². The van der Waals surface area contributed by atoms with Gasteiger partial charge in [0.05, 0.1) is 13.7 Å². The first-order chi connectivity index (χ1) is 12.5. The van der Waals surface area contributed by atoms with E-state index >= 15 is 0 Å². The van der Waals surface area contributed by atoms with Crippen molar-refractivity contribution >= 4 is 11.9 Å². The Morgan fingerprint density at radius 3 is 2.42 bits per heavy atom. The second kappa shape index (κ2) is 7.47. The summed E-state index contributed by atoms with van der Waals surface area (Å²) in [4.78, 5) is 22.5. The predicted molar refractivity (Wildman–Crippen MR) is 94.0 cm³/mol. The molecule has 0 spiro atoms. The molecule has 1 unspecified atom stereocenters. The maximum atomic E-state index is 11.4. The summed E-state index contributed by atoms with van der Waals surface area (Å²) in [6.45, 7) is 3.15. The summed E-state index contributed by atoms with van der Waals surface area (Å²) in [6, 6.07) is 10.8. The summed E-state index contributed by atoms with van der Waals surface area (Å²) < 4.78 is 21.5. The second-order valence-corrected chi connectivity index (χ2v) is 6.07. The van der Waals surface area contributed by atoms with Gasteiger partial charge < -0.3 is 18.9 Å². The molecule has 0 bridgehead atoms. The van der Waals surface area contributed by atoms with Crippen molar-refractivity contribution in [2.75, 3.05) is 13.7 Å². The number of benzene rings is 2. The Kier molecular flexibility index (Phi) is 5.11. The first-order valence-corrected chi connectivity index (χ1v) is 8.26. The zero-order valence-electron chi connectivity index (χ0n) is 14.9. The minimum Gasteiger partial charge on any atom is -0.497 e. The van der Waals surface area contributed by atoms with Crippen molar-refractivity contribution in [1.29, 1.82) is 0 Å². The van der Waals surface area contributed by atoms with E-state index in [0.29, 0.717) is 29.6 Å². The molecule has 3 rings (SSSR count). The van der Waals surface area contributed by atoms with Gasteiger partial charge in [-0.15, -0.1) is 0 Å². The molecule has 1 aliphatic heterocycles. The molecule has 0 radical (unpaired) electrons. The van der Waals surface area contributed by atoms with Crippen LogP contribution in [0.15, 0.2) is 36.4 Å². The molecule has 0 saturated heterocycles. The minimum absolute atomic E-state index is 0.0299. The minimum atomic E-state index is -0.386. The highest BCUT2D eigenvalue weighted by atomic mass is 16.5. The smallest absolute Gasteiger partial charge is 0.308 e. The standard InChI is InChI=1S/C20H20O6/c1-12(21)25-17-5-4-14-8-15(11-24-19(14)10-17)18-7-6-16(23-3)9-20(18)26-13(2)22/h4-7,9-10,15H,8,11H2,1-3H3. The van der Waals surface area contributed by atoms with Gasteiger partial charge in [0.2, 0.25) is 0 Å². The van der Waals surface area contributed by atoms with Crippen LogP contribution >= 0.6 is 0 Å². The third-order valence-corrected chi connectivity index (χ3v) is 4.12. The van der Waals surface area contributed by atoms with Crippen LogP contribution in [0.4, 0.5) is 0 Å². The Hall–Kier alpha value is -3.02. The summed E-state index contributed by atoms with van der Waals surface area (Å²) in [5.74, 6) is 1.52. The lowest BCUT2D eigenvalue weighted by Gasteiger charge is -2.27. The number of esters is 2. The number of fused-ring (bicyclic) bond motifs is 1. The van der Waals surface area contributed by atoms with Crippen LogP contribution in [0.2, 0.25) is 0 Å². The van der Waals surface area contributed by atoms with E-state index in [0.717, 1.165) is 17.5 Å². The molecule has 0 fully saturated rings. The van der Waals surface area contributed by atoms with E-state index in [9.17, 15) is 9.59 Å². The van der Waals surface area contributed by atoms with Gasteiger partial charge in [0.15, 0.2) is 0 Å². The zero-order valence-corrected chi connectivity index (χ0v) is 14.9. The highest BCUT2D eigenvalue weighted by Gasteiger charge is 2.25. The summed E-state index contributed by atoms with van der Waals surface area (Å²) in [5.41, 5.74) is 1.89. The fraction of sp³-hybridized carbons (Fsp3) is 0.300. The number of carbonyl (C=O) groups is 2. The molecular weight excluding hydrogens is 336 g/mol. The van der Waals surface area contributed by atoms with E-state index in [1.54, 1.807) is 25.3 Å². The quantitative estimate of drug-likeness (QED) is 0.618. The molecule has 2 aromatic carbocycles. The number of hydrogen-bond acceptors (Lipinski definition) is 6. The maximum Gasteiger partial charge on any atom is 0.308 e. The maximum absolute atomic E-state index is 11.4. The summed E-state index contributed by atoms with van der Waals surface area (Å²) in [5, 5.41) is 0. The van der Waals surface area contributed by atoms with E-state index in [2.05, 4.69) is 0 Å². The fourth-order valence-corrected chi connectivity index (χ4v) is 3.00. The number of methoxy groups -OCH3 is 1. The van der Waals surface area contributed by atoms with E-state index in [4.69, 9.17) is 18.9 Å². The topological polar surface area (TPSA) is 71.1 Å². The van der Waals surface area contributed by atoms with E-state index < -0.39 is 0 Å². The molecule has 1 aliphatic rings. The number of ether oxygens (including phenoxy) is 4. The monoisotopic (exact) mass is 356 g/mol. The lowest BCUT2D eigenvalue weighted by molar-refractivity contribution is -0.132. The molecule has 1 atom stereocenters. The van der Waals surface area contributed by atoms with Gasteiger partial charge in [-0.05, 0) is 24.1 Å². The highest BCUT2D eigenvalue weighted by molar-refractivity contribution is 5.70. The molecule has 0 aromatic heterocycles. The van der Waals surface area contributed by atoms with E-state index in [-0.39, 0.29) is 17.9 Å². The Morgan fingerprint density at radius 2 is 1.73 bits per heavy atom. The molecular formula is C20H20O6. The van der Waals surface area contributed by atoms with Gasteiger partial charge >= 0.3 is 11.9 Å². The summed E-state index contributed by atoms with van der Waals surface area (Å²) >= 11 is 0. The van der Waals surface area contributed by atoms with Crippen molar-refractivity contribution in [1.82, 2.24) is 0 Å². The van der Waals surface area contributed by atoms with E-state index in [1.807, 2.05) is 18.2 Å². The molecule has 0 N–H and O–H groups in total. The zero-order chi connectivity index (χ0) is 18.7. The molecule has 0 aliphatic carbocycles. The first-order valence-electron chi connectivity index (χ1n) is 8.26. The third kappa shape index (κ3) is 3.96. The van der Waals surface area contributed by atoms with Crippen molar-refractivity contribution < 1.29 is 28.5 Å². The molecule has 26 heavy (non-hydrogen) atoms. The van der Waals surface area contributed by atoms with Gasteiger partial charge in [-0.2, -0.15) is 0 Å².